The van der Waals surface area contributed by atoms with Crippen molar-refractivity contribution in [3.05, 3.63) is 58.1 Å². The van der Waals surface area contributed by atoms with E-state index in [0.29, 0.717) is 20.4 Å². The summed E-state index contributed by atoms with van der Waals surface area (Å²) in [6.45, 7) is 20.7. The minimum absolute atomic E-state index is 0.0857. The Kier molecular flexibility index (Phi) is 7.57. The number of phenolic OH excluding ortho intramolecular Hbond substituents is 1. The van der Waals surface area contributed by atoms with Gasteiger partial charge in [0.15, 0.2) is 0 Å². The molecular formula is C26H40NOP. The summed E-state index contributed by atoms with van der Waals surface area (Å²) in [5.74, 6) is 0.482. The van der Waals surface area contributed by atoms with Crippen LogP contribution in [0.2, 0.25) is 0 Å². The van der Waals surface area contributed by atoms with E-state index in [1.165, 1.54) is 22.0 Å². The molecule has 0 aliphatic heterocycles. The normalized spacial score (nSPS) is 14.7. The summed E-state index contributed by atoms with van der Waals surface area (Å²) in [4.78, 5) is 0. The molecule has 160 valence electrons. The molecule has 0 fully saturated rings. The van der Waals surface area contributed by atoms with Crippen LogP contribution in [0.25, 0.3) is 0 Å². The lowest BCUT2D eigenvalue weighted by Crippen LogP contribution is -2.27. The molecule has 0 aliphatic rings. The van der Waals surface area contributed by atoms with Crippen LogP contribution in [0.1, 0.15) is 82.7 Å². The van der Waals surface area contributed by atoms with Gasteiger partial charge in [-0.1, -0.05) is 92.9 Å². The van der Waals surface area contributed by atoms with Crippen LogP contribution in [-0.4, -0.2) is 11.1 Å². The number of aryl methyl sites for hydroxylation is 2. The standard InChI is InChI=1S/C26H40NOP/c1-10-26(9,22-15-18(4)14-21(23(22)28)25(6,7)8)29-24-19(5)12-11-13-20(24)16-27-17(2)3/h11-15,17,27-29H,10,16H2,1-9H3. The SMILES string of the molecule is CCC(C)(Pc1c(C)cccc1CNC(C)C)c1cc(C)cc(C(C)(C)C)c1O. The minimum atomic E-state index is -0.102. The van der Waals surface area contributed by atoms with Crippen molar-refractivity contribution in [2.45, 2.75) is 91.9 Å². The van der Waals surface area contributed by atoms with Crippen molar-refractivity contribution in [1.82, 2.24) is 5.32 Å². The van der Waals surface area contributed by atoms with Crippen molar-refractivity contribution >= 4 is 13.9 Å². The number of hydrogen-bond donors (Lipinski definition) is 2. The second-order valence-electron chi connectivity index (χ2n) is 9.91. The van der Waals surface area contributed by atoms with Crippen molar-refractivity contribution < 1.29 is 5.11 Å². The van der Waals surface area contributed by atoms with Crippen LogP contribution in [0.5, 0.6) is 5.75 Å². The van der Waals surface area contributed by atoms with Crippen LogP contribution in [0.15, 0.2) is 30.3 Å². The first kappa shape index (κ1) is 23.9. The van der Waals surface area contributed by atoms with Crippen molar-refractivity contribution in [3.8, 4) is 5.75 Å². The highest BCUT2D eigenvalue weighted by Gasteiger charge is 2.32. The molecule has 2 nitrogen and oxygen atoms in total. The zero-order valence-electron chi connectivity index (χ0n) is 19.8. The van der Waals surface area contributed by atoms with E-state index < -0.39 is 0 Å². The van der Waals surface area contributed by atoms with Crippen molar-refractivity contribution in [1.29, 1.82) is 0 Å². The fourth-order valence-corrected chi connectivity index (χ4v) is 5.43. The quantitative estimate of drug-likeness (QED) is 0.512. The van der Waals surface area contributed by atoms with E-state index in [0.717, 1.165) is 24.1 Å². The van der Waals surface area contributed by atoms with E-state index in [9.17, 15) is 5.11 Å². The summed E-state index contributed by atoms with van der Waals surface area (Å²) in [6.07, 6.45) is 0.984. The van der Waals surface area contributed by atoms with Crippen molar-refractivity contribution in [3.63, 3.8) is 0 Å². The van der Waals surface area contributed by atoms with Crippen molar-refractivity contribution in [2.24, 2.45) is 0 Å². The Hall–Kier alpha value is -1.37. The third-order valence-corrected chi connectivity index (χ3v) is 7.96. The molecule has 0 aromatic heterocycles. The number of aromatic hydroxyl groups is 1. The Labute approximate surface area is 180 Å². The molecule has 0 bridgehead atoms. The largest absolute Gasteiger partial charge is 0.507 e. The van der Waals surface area contributed by atoms with Crippen LogP contribution in [-0.2, 0) is 17.1 Å². The van der Waals surface area contributed by atoms with E-state index in [-0.39, 0.29) is 10.6 Å². The van der Waals surface area contributed by atoms with Gasteiger partial charge in [-0.25, -0.2) is 0 Å². The summed E-state index contributed by atoms with van der Waals surface area (Å²) in [5, 5.41) is 16.2. The molecule has 3 heteroatoms. The lowest BCUT2D eigenvalue weighted by molar-refractivity contribution is 0.430. The van der Waals surface area contributed by atoms with Crippen LogP contribution in [0, 0.1) is 13.8 Å². The van der Waals surface area contributed by atoms with E-state index in [2.05, 4.69) is 98.0 Å². The Morgan fingerprint density at radius 2 is 1.66 bits per heavy atom. The second-order valence-corrected chi connectivity index (χ2v) is 11.8. The molecule has 0 amide bonds. The lowest BCUT2D eigenvalue weighted by atomic mass is 9.82. The highest BCUT2D eigenvalue weighted by atomic mass is 31.1. The van der Waals surface area contributed by atoms with Gasteiger partial charge in [0, 0.05) is 23.3 Å². The van der Waals surface area contributed by atoms with Crippen LogP contribution in [0.4, 0.5) is 0 Å². The summed E-state index contributed by atoms with van der Waals surface area (Å²) in [5.41, 5.74) is 5.99. The van der Waals surface area contributed by atoms with Gasteiger partial charge in [-0.15, -0.1) is 0 Å². The molecule has 0 radical (unpaired) electrons. The fourth-order valence-electron chi connectivity index (χ4n) is 3.76. The first-order valence-corrected chi connectivity index (χ1v) is 11.8. The highest BCUT2D eigenvalue weighted by molar-refractivity contribution is 7.48. The average molecular weight is 414 g/mol. The van der Waals surface area contributed by atoms with Gasteiger partial charge < -0.3 is 10.4 Å². The zero-order valence-corrected chi connectivity index (χ0v) is 20.8. The van der Waals surface area contributed by atoms with E-state index in [1.807, 2.05) is 0 Å². The van der Waals surface area contributed by atoms with Gasteiger partial charge >= 0.3 is 0 Å². The Bertz CT molecular complexity index is 851. The highest BCUT2D eigenvalue weighted by Crippen LogP contribution is 2.50. The van der Waals surface area contributed by atoms with E-state index >= 15 is 0 Å². The second kappa shape index (κ2) is 9.19. The first-order valence-electron chi connectivity index (χ1n) is 10.8. The topological polar surface area (TPSA) is 32.3 Å². The molecule has 2 rings (SSSR count). The smallest absolute Gasteiger partial charge is 0.123 e. The minimum Gasteiger partial charge on any atom is -0.507 e. The Balaban J connectivity index is 2.56. The summed E-state index contributed by atoms with van der Waals surface area (Å²) < 4.78 is 0. The molecule has 0 heterocycles. The molecule has 0 spiro atoms. The summed E-state index contributed by atoms with van der Waals surface area (Å²) in [6, 6.07) is 11.4. The molecule has 2 aromatic rings. The first-order chi connectivity index (χ1) is 13.4. The molecule has 0 saturated carbocycles. The predicted molar refractivity (Wildman–Crippen MR) is 130 cm³/mol. The molecule has 2 atom stereocenters. The lowest BCUT2D eigenvalue weighted by Gasteiger charge is -2.34. The number of rotatable bonds is 7. The van der Waals surface area contributed by atoms with Gasteiger partial charge in [0.2, 0.25) is 0 Å². The number of phenols is 1. The molecule has 29 heavy (non-hydrogen) atoms. The third-order valence-electron chi connectivity index (χ3n) is 5.82. The molecule has 2 aromatic carbocycles. The fraction of sp³-hybridized carbons (Fsp3) is 0.538. The maximum Gasteiger partial charge on any atom is 0.123 e. The van der Waals surface area contributed by atoms with Crippen molar-refractivity contribution in [2.75, 3.05) is 0 Å². The van der Waals surface area contributed by atoms with Crippen LogP contribution < -0.4 is 10.6 Å². The predicted octanol–water partition coefficient (Wildman–Crippen LogP) is 6.43. The molecule has 2 N–H and O–H groups in total. The maximum atomic E-state index is 11.3. The summed E-state index contributed by atoms with van der Waals surface area (Å²) in [7, 11) is 0.600. The van der Waals surface area contributed by atoms with Crippen LogP contribution >= 0.6 is 8.58 Å². The van der Waals surface area contributed by atoms with Gasteiger partial charge in [0.05, 0.1) is 0 Å². The summed E-state index contributed by atoms with van der Waals surface area (Å²) >= 11 is 0. The number of nitrogens with one attached hydrogen (secondary N) is 1. The number of benzene rings is 2. The van der Waals surface area contributed by atoms with Gasteiger partial charge in [-0.3, -0.25) is 0 Å². The van der Waals surface area contributed by atoms with E-state index in [1.54, 1.807) is 0 Å². The Morgan fingerprint density at radius 1 is 1.03 bits per heavy atom. The van der Waals surface area contributed by atoms with Gasteiger partial charge in [0.1, 0.15) is 5.75 Å². The molecular weight excluding hydrogens is 373 g/mol. The maximum absolute atomic E-state index is 11.3. The third kappa shape index (κ3) is 5.62. The number of hydrogen-bond acceptors (Lipinski definition) is 2. The monoisotopic (exact) mass is 413 g/mol. The zero-order chi connectivity index (χ0) is 22.0. The molecule has 0 aliphatic carbocycles. The van der Waals surface area contributed by atoms with Gasteiger partial charge in [-0.05, 0) is 47.7 Å². The average Bonchev–Trinajstić information content (AvgIpc) is 2.62. The molecule has 0 saturated heterocycles. The Morgan fingerprint density at radius 3 is 2.21 bits per heavy atom. The van der Waals surface area contributed by atoms with Gasteiger partial charge in [0.25, 0.3) is 0 Å². The molecule has 2 unspecified atom stereocenters. The van der Waals surface area contributed by atoms with E-state index in [4.69, 9.17) is 0 Å². The van der Waals surface area contributed by atoms with Gasteiger partial charge in [-0.2, -0.15) is 0 Å². The van der Waals surface area contributed by atoms with Crippen LogP contribution in [0.3, 0.4) is 0 Å².